The Bertz CT molecular complexity index is 1250. The first kappa shape index (κ1) is 21.1. The van der Waals surface area contributed by atoms with Gasteiger partial charge in [-0.2, -0.15) is 5.26 Å². The number of carbonyl (C=O) groups is 1. The number of fused-ring (bicyclic) bond motifs is 1. The minimum atomic E-state index is -0.402. The predicted octanol–water partition coefficient (Wildman–Crippen LogP) is 5.49. The van der Waals surface area contributed by atoms with Crippen molar-refractivity contribution >= 4 is 5.97 Å². The summed E-state index contributed by atoms with van der Waals surface area (Å²) in [7, 11) is 0. The first-order valence-electron chi connectivity index (χ1n) is 11.2. The fraction of sp³-hybridized carbons (Fsp3) is 0.296. The van der Waals surface area contributed by atoms with E-state index in [1.165, 1.54) is 6.07 Å². The van der Waals surface area contributed by atoms with E-state index in [2.05, 4.69) is 11.1 Å². The quantitative estimate of drug-likeness (QED) is 0.472. The molecule has 5 nitrogen and oxygen atoms in total. The van der Waals surface area contributed by atoms with Crippen LogP contribution in [0.5, 0.6) is 5.75 Å². The van der Waals surface area contributed by atoms with Crippen molar-refractivity contribution < 1.29 is 18.7 Å². The summed E-state index contributed by atoms with van der Waals surface area (Å²) in [5, 5.41) is 9.43. The van der Waals surface area contributed by atoms with Gasteiger partial charge in [0, 0.05) is 17.3 Å². The molecule has 0 amide bonds. The van der Waals surface area contributed by atoms with Crippen molar-refractivity contribution in [2.75, 3.05) is 6.61 Å². The normalized spacial score (nSPS) is 20.6. The Labute approximate surface area is 191 Å². The van der Waals surface area contributed by atoms with Gasteiger partial charge >= 0.3 is 5.97 Å². The number of hydrogen-bond acceptors (Lipinski definition) is 5. The number of hydrogen-bond donors (Lipinski definition) is 0. The Balaban J connectivity index is 1.36. The fourth-order valence-electron chi connectivity index (χ4n) is 4.79. The Kier molecular flexibility index (Phi) is 5.55. The highest BCUT2D eigenvalue weighted by molar-refractivity contribution is 5.77. The van der Waals surface area contributed by atoms with Crippen LogP contribution in [0.2, 0.25) is 0 Å². The topological polar surface area (TPSA) is 72.2 Å². The molecule has 2 aromatic carbocycles. The lowest BCUT2D eigenvalue weighted by Crippen LogP contribution is -2.07. The second kappa shape index (κ2) is 8.67. The Hall–Kier alpha value is -3.72. The Morgan fingerprint density at radius 2 is 2.00 bits per heavy atom. The average molecular weight is 442 g/mol. The van der Waals surface area contributed by atoms with Gasteiger partial charge in [-0.15, -0.1) is 0 Å². The van der Waals surface area contributed by atoms with E-state index in [-0.39, 0.29) is 23.6 Å². The highest BCUT2D eigenvalue weighted by Gasteiger charge is 2.45. The van der Waals surface area contributed by atoms with E-state index in [0.717, 1.165) is 23.1 Å². The molecule has 0 bridgehead atoms. The van der Waals surface area contributed by atoms with E-state index in [9.17, 15) is 14.4 Å². The highest BCUT2D eigenvalue weighted by atomic mass is 19.1. The van der Waals surface area contributed by atoms with Crippen LogP contribution in [-0.4, -0.2) is 17.6 Å². The summed E-state index contributed by atoms with van der Waals surface area (Å²) in [4.78, 5) is 16.0. The zero-order valence-electron chi connectivity index (χ0n) is 18.3. The summed E-state index contributed by atoms with van der Waals surface area (Å²) in [6, 6.07) is 16.6. The lowest BCUT2D eigenvalue weighted by Gasteiger charge is -2.17. The molecule has 1 fully saturated rings. The molecule has 1 heterocycles. The van der Waals surface area contributed by atoms with Crippen molar-refractivity contribution in [2.45, 2.75) is 38.2 Å². The molecular formula is C27H23FN2O3. The van der Waals surface area contributed by atoms with Gasteiger partial charge in [0.2, 0.25) is 0 Å². The van der Waals surface area contributed by atoms with E-state index in [0.29, 0.717) is 42.0 Å². The van der Waals surface area contributed by atoms with Gasteiger partial charge in [-0.25, -0.2) is 9.37 Å². The van der Waals surface area contributed by atoms with Crippen LogP contribution in [0.4, 0.5) is 4.39 Å². The molecule has 0 unspecified atom stereocenters. The van der Waals surface area contributed by atoms with Crippen LogP contribution in [0.1, 0.15) is 54.2 Å². The summed E-state index contributed by atoms with van der Waals surface area (Å²) in [6.07, 6.45) is 3.30. The van der Waals surface area contributed by atoms with Crippen molar-refractivity contribution in [1.29, 1.82) is 5.26 Å². The van der Waals surface area contributed by atoms with Crippen molar-refractivity contribution in [3.63, 3.8) is 0 Å². The molecular weight excluding hydrogens is 419 g/mol. The van der Waals surface area contributed by atoms with Gasteiger partial charge in [0.15, 0.2) is 0 Å². The largest absolute Gasteiger partial charge is 0.486 e. The van der Waals surface area contributed by atoms with Gasteiger partial charge in [0.05, 0.1) is 12.5 Å². The molecule has 0 N–H and O–H groups in total. The molecule has 0 spiro atoms. The van der Waals surface area contributed by atoms with Crippen molar-refractivity contribution in [2.24, 2.45) is 5.92 Å². The maximum absolute atomic E-state index is 14.9. The van der Waals surface area contributed by atoms with Gasteiger partial charge in [-0.1, -0.05) is 18.2 Å². The molecule has 166 valence electrons. The summed E-state index contributed by atoms with van der Waals surface area (Å²) >= 11 is 0. The maximum atomic E-state index is 14.9. The van der Waals surface area contributed by atoms with Gasteiger partial charge < -0.3 is 9.47 Å². The smallest absolute Gasteiger partial charge is 0.309 e. The van der Waals surface area contributed by atoms with Gasteiger partial charge in [-0.3, -0.25) is 4.79 Å². The van der Waals surface area contributed by atoms with Gasteiger partial charge in [-0.05, 0) is 79.1 Å². The van der Waals surface area contributed by atoms with E-state index in [1.54, 1.807) is 18.3 Å². The number of halogens is 1. The maximum Gasteiger partial charge on any atom is 0.309 e. The number of ether oxygens (including phenoxy) is 2. The Morgan fingerprint density at radius 3 is 2.76 bits per heavy atom. The van der Waals surface area contributed by atoms with Gasteiger partial charge in [0.1, 0.15) is 29.4 Å². The summed E-state index contributed by atoms with van der Waals surface area (Å²) in [5.41, 5.74) is 4.37. The van der Waals surface area contributed by atoms with Crippen LogP contribution in [0.15, 0.2) is 54.7 Å². The molecule has 2 aliphatic rings. The van der Waals surface area contributed by atoms with Crippen molar-refractivity contribution in [3.8, 4) is 22.9 Å². The number of aromatic nitrogens is 1. The standard InChI is InChI=1S/C27H23FN2O3/c1-2-32-27(31)22-14-21(22)16-5-7-17(8-6-16)33-25-12-10-20-18(9-11-23(28)26(20)25)19-4-3-13-30-24(19)15-29/h3-9,11,13,21-22,25H,2,10,12,14H2,1H3/t21-,22+,25-/m1/s1. The Morgan fingerprint density at radius 1 is 1.18 bits per heavy atom. The molecule has 1 saturated carbocycles. The third-order valence-electron chi connectivity index (χ3n) is 6.45. The number of nitrogens with zero attached hydrogens (tertiary/aromatic N) is 2. The summed E-state index contributed by atoms with van der Waals surface area (Å²) in [5.74, 6) is 0.361. The SMILES string of the molecule is CCOC(=O)[C@H]1C[C@@H]1c1ccc(O[C@@H]2CCc3c(-c4cccnc4C#N)ccc(F)c32)cc1. The molecule has 3 atom stereocenters. The third-order valence-corrected chi connectivity index (χ3v) is 6.45. The van der Waals surface area contributed by atoms with E-state index in [4.69, 9.17) is 9.47 Å². The highest BCUT2D eigenvalue weighted by Crippen LogP contribution is 2.48. The average Bonchev–Trinajstić information content (AvgIpc) is 3.54. The minimum absolute atomic E-state index is 0.0586. The molecule has 2 aliphatic carbocycles. The lowest BCUT2D eigenvalue weighted by atomic mass is 9.95. The fourth-order valence-corrected chi connectivity index (χ4v) is 4.79. The lowest BCUT2D eigenvalue weighted by molar-refractivity contribution is -0.144. The molecule has 0 radical (unpaired) electrons. The number of carbonyl (C=O) groups excluding carboxylic acids is 1. The van der Waals surface area contributed by atoms with Crippen LogP contribution in [0, 0.1) is 23.1 Å². The van der Waals surface area contributed by atoms with Gasteiger partial charge in [0.25, 0.3) is 0 Å². The van der Waals surface area contributed by atoms with Crippen LogP contribution >= 0.6 is 0 Å². The van der Waals surface area contributed by atoms with Crippen molar-refractivity contribution in [1.82, 2.24) is 4.98 Å². The molecule has 0 saturated heterocycles. The van der Waals surface area contributed by atoms with Crippen LogP contribution in [0.25, 0.3) is 11.1 Å². The first-order valence-corrected chi connectivity index (χ1v) is 11.2. The molecule has 33 heavy (non-hydrogen) atoms. The first-order chi connectivity index (χ1) is 16.1. The monoisotopic (exact) mass is 442 g/mol. The van der Waals surface area contributed by atoms with Crippen molar-refractivity contribution in [3.05, 3.63) is 82.9 Å². The van der Waals surface area contributed by atoms with Crippen LogP contribution in [0.3, 0.4) is 0 Å². The summed E-state index contributed by atoms with van der Waals surface area (Å²) < 4.78 is 26.2. The van der Waals surface area contributed by atoms with E-state index >= 15 is 0 Å². The third kappa shape index (κ3) is 3.95. The second-order valence-electron chi connectivity index (χ2n) is 8.41. The number of nitriles is 1. The second-order valence-corrected chi connectivity index (χ2v) is 8.41. The van der Waals surface area contributed by atoms with Crippen LogP contribution in [-0.2, 0) is 16.0 Å². The number of rotatable bonds is 6. The zero-order chi connectivity index (χ0) is 22.9. The van der Waals surface area contributed by atoms with E-state index in [1.807, 2.05) is 37.3 Å². The molecule has 5 rings (SSSR count). The molecule has 1 aromatic heterocycles. The van der Waals surface area contributed by atoms with Crippen LogP contribution < -0.4 is 4.74 Å². The zero-order valence-corrected chi connectivity index (χ0v) is 18.3. The van der Waals surface area contributed by atoms with E-state index < -0.39 is 6.10 Å². The molecule has 3 aromatic rings. The number of esters is 1. The summed E-state index contributed by atoms with van der Waals surface area (Å²) in [6.45, 7) is 2.21. The predicted molar refractivity (Wildman–Crippen MR) is 120 cm³/mol. The number of pyridine rings is 1. The molecule has 6 heteroatoms. The minimum Gasteiger partial charge on any atom is -0.486 e. The number of benzene rings is 2. The molecule has 0 aliphatic heterocycles.